The average Bonchev–Trinajstić information content (AvgIpc) is 2.71. The first-order valence-corrected chi connectivity index (χ1v) is 7.28. The zero-order valence-electron chi connectivity index (χ0n) is 7.66. The van der Waals surface area contributed by atoms with Crippen LogP contribution in [-0.2, 0) is 0 Å². The van der Waals surface area contributed by atoms with Crippen molar-refractivity contribution in [1.29, 1.82) is 0 Å². The highest BCUT2D eigenvalue weighted by Crippen LogP contribution is 2.42. The fourth-order valence-electron chi connectivity index (χ4n) is 1.16. The van der Waals surface area contributed by atoms with E-state index >= 15 is 0 Å². The lowest BCUT2D eigenvalue weighted by atomic mass is 10.3. The largest absolute Gasteiger partial charge is 0.477 e. The molecule has 3 N–H and O–H groups in total. The van der Waals surface area contributed by atoms with Gasteiger partial charge in [-0.05, 0) is 44.0 Å². The monoisotopic (exact) mass is 381 g/mol. The summed E-state index contributed by atoms with van der Waals surface area (Å²) in [7, 11) is 0. The number of anilines is 1. The van der Waals surface area contributed by atoms with E-state index in [2.05, 4.69) is 31.9 Å². The van der Waals surface area contributed by atoms with Crippen LogP contribution >= 0.6 is 54.5 Å². The van der Waals surface area contributed by atoms with Gasteiger partial charge in [0.25, 0.3) is 0 Å². The number of hydrogen-bond acceptors (Lipinski definition) is 4. The van der Waals surface area contributed by atoms with Gasteiger partial charge in [0, 0.05) is 14.2 Å². The first-order chi connectivity index (χ1) is 7.49. The van der Waals surface area contributed by atoms with Gasteiger partial charge in [-0.15, -0.1) is 22.7 Å². The highest BCUT2D eigenvalue weighted by atomic mass is 79.9. The Labute approximate surface area is 116 Å². The van der Waals surface area contributed by atoms with Crippen molar-refractivity contribution in [3.05, 3.63) is 25.3 Å². The minimum Gasteiger partial charge on any atom is -0.477 e. The fraction of sp³-hybridized carbons (Fsp3) is 0. The van der Waals surface area contributed by atoms with Crippen LogP contribution in [0.25, 0.3) is 9.75 Å². The number of carboxylic acid groups (broad SMARTS) is 1. The molecule has 2 heterocycles. The van der Waals surface area contributed by atoms with Crippen molar-refractivity contribution in [3.8, 4) is 9.75 Å². The Balaban J connectivity index is 2.49. The summed E-state index contributed by atoms with van der Waals surface area (Å²) < 4.78 is 1.93. The summed E-state index contributed by atoms with van der Waals surface area (Å²) in [5.74, 6) is -0.983. The first kappa shape index (κ1) is 12.1. The molecule has 7 heteroatoms. The smallest absolute Gasteiger partial charge is 0.348 e. The van der Waals surface area contributed by atoms with Crippen molar-refractivity contribution in [2.45, 2.75) is 0 Å². The van der Waals surface area contributed by atoms with Gasteiger partial charge in [0.15, 0.2) is 0 Å². The Morgan fingerprint density at radius 3 is 2.31 bits per heavy atom. The van der Waals surface area contributed by atoms with E-state index in [4.69, 9.17) is 10.8 Å². The van der Waals surface area contributed by atoms with Crippen molar-refractivity contribution >= 4 is 66.2 Å². The lowest BCUT2D eigenvalue weighted by molar-refractivity contribution is 0.0703. The first-order valence-electron chi connectivity index (χ1n) is 4.07. The van der Waals surface area contributed by atoms with Gasteiger partial charge in [-0.25, -0.2) is 4.79 Å². The molecular formula is C9H5Br2NO2S2. The second-order valence-corrected chi connectivity index (χ2v) is 7.21. The van der Waals surface area contributed by atoms with E-state index in [0.29, 0.717) is 5.69 Å². The number of thiophene rings is 2. The maximum atomic E-state index is 10.9. The Kier molecular flexibility index (Phi) is 3.39. The Bertz CT molecular complexity index is 542. The molecule has 0 aliphatic rings. The van der Waals surface area contributed by atoms with Gasteiger partial charge in [0.1, 0.15) is 4.88 Å². The summed E-state index contributed by atoms with van der Waals surface area (Å²) in [5, 5.41) is 8.90. The number of carbonyl (C=O) groups is 1. The topological polar surface area (TPSA) is 63.3 Å². The molecule has 0 unspecified atom stereocenters. The summed E-state index contributed by atoms with van der Waals surface area (Å²) in [6, 6.07) is 3.63. The molecule has 0 aliphatic carbocycles. The van der Waals surface area contributed by atoms with Gasteiger partial charge in [-0.3, -0.25) is 0 Å². The zero-order chi connectivity index (χ0) is 11.9. The third kappa shape index (κ3) is 2.17. The SMILES string of the molecule is Nc1cc(-c2cc(Br)c(Br)s2)sc1C(=O)O. The third-order valence-corrected chi connectivity index (χ3v) is 6.43. The third-order valence-electron chi connectivity index (χ3n) is 1.84. The highest BCUT2D eigenvalue weighted by Gasteiger charge is 2.16. The summed E-state index contributed by atoms with van der Waals surface area (Å²) in [6.45, 7) is 0. The fourth-order valence-corrected chi connectivity index (χ4v) is 4.19. The molecule has 0 spiro atoms. The summed E-state index contributed by atoms with van der Waals surface area (Å²) in [6.07, 6.45) is 0. The second-order valence-electron chi connectivity index (χ2n) is 2.93. The minimum absolute atomic E-state index is 0.190. The van der Waals surface area contributed by atoms with E-state index in [1.54, 1.807) is 6.07 Å². The molecule has 0 bridgehead atoms. The predicted octanol–water partition coefficient (Wildman–Crippen LogP) is 4.28. The Hall–Kier alpha value is -0.370. The molecule has 0 aliphatic heterocycles. The molecule has 0 saturated heterocycles. The van der Waals surface area contributed by atoms with Gasteiger partial charge in [-0.1, -0.05) is 0 Å². The molecule has 0 aromatic carbocycles. The molecule has 0 saturated carbocycles. The van der Waals surface area contributed by atoms with Crippen molar-refractivity contribution < 1.29 is 9.90 Å². The standard InChI is InChI=1S/C9H5Br2NO2S2/c10-3-1-5(16-8(3)11)6-2-4(12)7(15-6)9(13)14/h1-2H,12H2,(H,13,14). The molecular weight excluding hydrogens is 378 g/mol. The predicted molar refractivity (Wildman–Crippen MR) is 74.4 cm³/mol. The number of halogens is 2. The van der Waals surface area contributed by atoms with E-state index in [1.165, 1.54) is 22.7 Å². The van der Waals surface area contributed by atoms with Gasteiger partial charge in [-0.2, -0.15) is 0 Å². The van der Waals surface area contributed by atoms with E-state index in [-0.39, 0.29) is 4.88 Å². The average molecular weight is 383 g/mol. The number of nitrogen functional groups attached to an aromatic ring is 1. The van der Waals surface area contributed by atoms with Crippen LogP contribution in [0.2, 0.25) is 0 Å². The molecule has 84 valence electrons. The molecule has 0 amide bonds. The van der Waals surface area contributed by atoms with Crippen molar-refractivity contribution in [3.63, 3.8) is 0 Å². The normalized spacial score (nSPS) is 10.6. The molecule has 16 heavy (non-hydrogen) atoms. The highest BCUT2D eigenvalue weighted by molar-refractivity contribution is 9.13. The van der Waals surface area contributed by atoms with Crippen LogP contribution in [0.4, 0.5) is 5.69 Å². The Morgan fingerprint density at radius 2 is 1.88 bits per heavy atom. The number of hydrogen-bond donors (Lipinski definition) is 2. The van der Waals surface area contributed by atoms with E-state index in [0.717, 1.165) is 18.0 Å². The van der Waals surface area contributed by atoms with Crippen LogP contribution in [0.15, 0.2) is 20.4 Å². The van der Waals surface area contributed by atoms with E-state index < -0.39 is 5.97 Å². The van der Waals surface area contributed by atoms with Crippen LogP contribution in [0.3, 0.4) is 0 Å². The van der Waals surface area contributed by atoms with E-state index in [9.17, 15) is 4.79 Å². The summed E-state index contributed by atoms with van der Waals surface area (Å²) in [4.78, 5) is 12.9. The van der Waals surface area contributed by atoms with Gasteiger partial charge >= 0.3 is 5.97 Å². The Morgan fingerprint density at radius 1 is 1.25 bits per heavy atom. The van der Waals surface area contributed by atoms with Crippen molar-refractivity contribution in [2.24, 2.45) is 0 Å². The quantitative estimate of drug-likeness (QED) is 0.814. The van der Waals surface area contributed by atoms with Crippen LogP contribution in [0, 0.1) is 0 Å². The van der Waals surface area contributed by atoms with Gasteiger partial charge in [0.05, 0.1) is 9.47 Å². The van der Waals surface area contributed by atoms with Crippen LogP contribution in [0.5, 0.6) is 0 Å². The van der Waals surface area contributed by atoms with Crippen LogP contribution in [-0.4, -0.2) is 11.1 Å². The molecule has 0 fully saturated rings. The second kappa shape index (κ2) is 4.48. The molecule has 2 rings (SSSR count). The van der Waals surface area contributed by atoms with Gasteiger partial charge < -0.3 is 10.8 Å². The summed E-state index contributed by atoms with van der Waals surface area (Å²) >= 11 is 9.50. The number of nitrogens with two attached hydrogens (primary N) is 1. The number of carboxylic acids is 1. The molecule has 0 radical (unpaired) electrons. The number of aromatic carboxylic acids is 1. The summed E-state index contributed by atoms with van der Waals surface area (Å²) in [5.41, 5.74) is 5.95. The molecule has 2 aromatic heterocycles. The zero-order valence-corrected chi connectivity index (χ0v) is 12.5. The van der Waals surface area contributed by atoms with E-state index in [1.807, 2.05) is 6.07 Å². The number of rotatable bonds is 2. The maximum absolute atomic E-state index is 10.9. The molecule has 3 nitrogen and oxygen atoms in total. The van der Waals surface area contributed by atoms with Crippen molar-refractivity contribution in [1.82, 2.24) is 0 Å². The lowest BCUT2D eigenvalue weighted by Gasteiger charge is -1.87. The van der Waals surface area contributed by atoms with Crippen LogP contribution in [0.1, 0.15) is 9.67 Å². The molecule has 2 aromatic rings. The molecule has 0 atom stereocenters. The van der Waals surface area contributed by atoms with Crippen molar-refractivity contribution in [2.75, 3.05) is 5.73 Å². The minimum atomic E-state index is -0.983. The van der Waals surface area contributed by atoms with Crippen LogP contribution < -0.4 is 5.73 Å². The maximum Gasteiger partial charge on any atom is 0.348 e. The lowest BCUT2D eigenvalue weighted by Crippen LogP contribution is -1.96. The van der Waals surface area contributed by atoms with Gasteiger partial charge in [0.2, 0.25) is 0 Å².